The zero-order valence-corrected chi connectivity index (χ0v) is 13.5. The number of aromatic nitrogens is 1. The minimum atomic E-state index is -3.70. The van der Waals surface area contributed by atoms with Crippen LogP contribution in [0, 0.1) is 0 Å². The highest BCUT2D eigenvalue weighted by Crippen LogP contribution is 2.31. The Hall–Kier alpha value is -2.81. The predicted octanol–water partition coefficient (Wildman–Crippen LogP) is 1.04. The summed E-state index contributed by atoms with van der Waals surface area (Å²) in [7, 11) is -3.70. The second kappa shape index (κ2) is 6.75. The highest BCUT2D eigenvalue weighted by molar-refractivity contribution is 7.90. The first-order valence-corrected chi connectivity index (χ1v) is 8.60. The Bertz CT molecular complexity index is 908. The van der Waals surface area contributed by atoms with Gasteiger partial charge in [-0.05, 0) is 23.8 Å². The van der Waals surface area contributed by atoms with E-state index in [2.05, 4.69) is 9.98 Å². The van der Waals surface area contributed by atoms with Gasteiger partial charge in [-0.2, -0.15) is 4.99 Å². The zero-order chi connectivity index (χ0) is 17.9. The number of aliphatic imine (C=N–C) groups is 1. The molecule has 0 atom stereocenters. The van der Waals surface area contributed by atoms with Gasteiger partial charge in [0.15, 0.2) is 15.8 Å². The molecule has 0 saturated heterocycles. The van der Waals surface area contributed by atoms with E-state index in [1.165, 1.54) is 18.5 Å². The molecule has 126 valence electrons. The SMILES string of the molecule is CS(=O)(=O)c1cc(C(=O)N=C(N)N)c(CF)cc1-c1cccnc1. The Morgan fingerprint density at radius 3 is 2.54 bits per heavy atom. The molecule has 2 rings (SSSR count). The lowest BCUT2D eigenvalue weighted by Gasteiger charge is -2.12. The van der Waals surface area contributed by atoms with Crippen molar-refractivity contribution in [3.63, 3.8) is 0 Å². The monoisotopic (exact) mass is 350 g/mol. The third kappa shape index (κ3) is 3.74. The summed E-state index contributed by atoms with van der Waals surface area (Å²) in [6, 6.07) is 5.63. The molecule has 2 aromatic rings. The fourth-order valence-electron chi connectivity index (χ4n) is 2.17. The van der Waals surface area contributed by atoms with Gasteiger partial charge >= 0.3 is 0 Å². The van der Waals surface area contributed by atoms with Crippen LogP contribution in [0.1, 0.15) is 15.9 Å². The fourth-order valence-corrected chi connectivity index (χ4v) is 3.07. The standard InChI is InChI=1S/C15H15FN4O3S/c1-24(22,23)13-6-12(14(21)20-15(17)18)10(7-16)5-11(13)9-3-2-4-19-8-9/h2-6,8H,7H2,1H3,(H4,17,18,20,21). The number of nitrogens with two attached hydrogens (primary N) is 2. The molecule has 1 heterocycles. The van der Waals surface area contributed by atoms with Crippen LogP contribution < -0.4 is 11.5 Å². The van der Waals surface area contributed by atoms with Crippen molar-refractivity contribution in [2.45, 2.75) is 11.6 Å². The number of benzene rings is 1. The summed E-state index contributed by atoms with van der Waals surface area (Å²) in [6.45, 7) is -0.988. The van der Waals surface area contributed by atoms with Crippen molar-refractivity contribution in [2.24, 2.45) is 16.5 Å². The van der Waals surface area contributed by atoms with Crippen molar-refractivity contribution in [1.29, 1.82) is 0 Å². The first-order valence-electron chi connectivity index (χ1n) is 6.71. The first-order chi connectivity index (χ1) is 11.2. The molecule has 7 nitrogen and oxygen atoms in total. The van der Waals surface area contributed by atoms with Crippen LogP contribution in [0.25, 0.3) is 11.1 Å². The Balaban J connectivity index is 2.79. The molecule has 0 unspecified atom stereocenters. The smallest absolute Gasteiger partial charge is 0.280 e. The van der Waals surface area contributed by atoms with E-state index in [0.717, 1.165) is 12.3 Å². The number of hydrogen-bond acceptors (Lipinski definition) is 4. The third-order valence-electron chi connectivity index (χ3n) is 3.18. The molecule has 1 aromatic carbocycles. The second-order valence-corrected chi connectivity index (χ2v) is 6.98. The number of hydrogen-bond donors (Lipinski definition) is 2. The molecule has 9 heteroatoms. The van der Waals surface area contributed by atoms with Crippen LogP contribution in [0.15, 0.2) is 46.5 Å². The van der Waals surface area contributed by atoms with Crippen molar-refractivity contribution < 1.29 is 17.6 Å². The van der Waals surface area contributed by atoms with Crippen LogP contribution >= 0.6 is 0 Å². The van der Waals surface area contributed by atoms with Crippen LogP contribution in [0.5, 0.6) is 0 Å². The Labute approximate surface area is 138 Å². The largest absolute Gasteiger partial charge is 0.370 e. The number of nitrogens with zero attached hydrogens (tertiary/aromatic N) is 2. The number of alkyl halides is 1. The zero-order valence-electron chi connectivity index (χ0n) is 12.7. The molecule has 0 fully saturated rings. The van der Waals surface area contributed by atoms with E-state index in [0.29, 0.717) is 5.56 Å². The van der Waals surface area contributed by atoms with Gasteiger partial charge in [-0.25, -0.2) is 12.8 Å². The normalized spacial score (nSPS) is 11.1. The molecule has 0 aliphatic heterocycles. The quantitative estimate of drug-likeness (QED) is 0.626. The summed E-state index contributed by atoms with van der Waals surface area (Å²) in [4.78, 5) is 19.2. The lowest BCUT2D eigenvalue weighted by Crippen LogP contribution is -2.24. The van der Waals surface area contributed by atoms with Gasteiger partial charge < -0.3 is 11.5 Å². The minimum absolute atomic E-state index is 0.0174. The van der Waals surface area contributed by atoms with Gasteiger partial charge in [-0.1, -0.05) is 6.07 Å². The molecule has 1 amide bonds. The van der Waals surface area contributed by atoms with Crippen LogP contribution in [0.2, 0.25) is 0 Å². The number of pyridine rings is 1. The fraction of sp³-hybridized carbons (Fsp3) is 0.133. The van der Waals surface area contributed by atoms with Crippen LogP contribution in [0.4, 0.5) is 4.39 Å². The highest BCUT2D eigenvalue weighted by atomic mass is 32.2. The third-order valence-corrected chi connectivity index (χ3v) is 4.32. The van der Waals surface area contributed by atoms with Crippen LogP contribution in [-0.4, -0.2) is 31.5 Å². The minimum Gasteiger partial charge on any atom is -0.370 e. The van der Waals surface area contributed by atoms with E-state index in [1.54, 1.807) is 12.1 Å². The van der Waals surface area contributed by atoms with Crippen molar-refractivity contribution in [3.8, 4) is 11.1 Å². The van der Waals surface area contributed by atoms with E-state index in [1.807, 2.05) is 0 Å². The second-order valence-electron chi connectivity index (χ2n) is 4.99. The molecular formula is C15H15FN4O3S. The number of guanidine groups is 1. The molecule has 0 aliphatic carbocycles. The Morgan fingerprint density at radius 2 is 2.04 bits per heavy atom. The number of carbonyl (C=O) groups excluding carboxylic acids is 1. The molecule has 0 aliphatic rings. The summed E-state index contributed by atoms with van der Waals surface area (Å²) < 4.78 is 37.6. The van der Waals surface area contributed by atoms with Crippen LogP contribution in [0.3, 0.4) is 0 Å². The van der Waals surface area contributed by atoms with Gasteiger partial charge in [0.25, 0.3) is 5.91 Å². The topological polar surface area (TPSA) is 128 Å². The van der Waals surface area contributed by atoms with Gasteiger partial charge in [0, 0.05) is 35.3 Å². The average molecular weight is 350 g/mol. The molecule has 0 bridgehead atoms. The lowest BCUT2D eigenvalue weighted by molar-refractivity contribution is 0.100. The molecule has 1 aromatic heterocycles. The van der Waals surface area contributed by atoms with E-state index in [4.69, 9.17) is 11.5 Å². The van der Waals surface area contributed by atoms with E-state index < -0.39 is 28.4 Å². The average Bonchev–Trinajstić information content (AvgIpc) is 2.52. The number of sulfone groups is 1. The summed E-state index contributed by atoms with van der Waals surface area (Å²) in [5.41, 5.74) is 10.8. The first kappa shape index (κ1) is 17.5. The summed E-state index contributed by atoms with van der Waals surface area (Å²) >= 11 is 0. The van der Waals surface area contributed by atoms with Crippen molar-refractivity contribution in [1.82, 2.24) is 4.98 Å². The van der Waals surface area contributed by atoms with E-state index in [9.17, 15) is 17.6 Å². The number of amides is 1. The maximum atomic E-state index is 13.4. The summed E-state index contributed by atoms with van der Waals surface area (Å²) in [6.07, 6.45) is 3.96. The molecule has 0 radical (unpaired) electrons. The molecule has 4 N–H and O–H groups in total. The summed E-state index contributed by atoms with van der Waals surface area (Å²) in [5.74, 6) is -1.41. The number of rotatable bonds is 4. The Kier molecular flexibility index (Phi) is 4.93. The lowest BCUT2D eigenvalue weighted by atomic mass is 10.00. The molecular weight excluding hydrogens is 335 g/mol. The van der Waals surface area contributed by atoms with Gasteiger partial charge in [0.05, 0.1) is 4.90 Å². The van der Waals surface area contributed by atoms with Crippen molar-refractivity contribution in [3.05, 3.63) is 47.8 Å². The summed E-state index contributed by atoms with van der Waals surface area (Å²) in [5, 5.41) is 0. The molecule has 24 heavy (non-hydrogen) atoms. The maximum absolute atomic E-state index is 13.4. The van der Waals surface area contributed by atoms with Gasteiger partial charge in [-0.15, -0.1) is 0 Å². The van der Waals surface area contributed by atoms with Crippen molar-refractivity contribution >= 4 is 21.7 Å². The molecule has 0 spiro atoms. The highest BCUT2D eigenvalue weighted by Gasteiger charge is 2.21. The Morgan fingerprint density at radius 1 is 1.33 bits per heavy atom. The van der Waals surface area contributed by atoms with Gasteiger partial charge in [-0.3, -0.25) is 9.78 Å². The van der Waals surface area contributed by atoms with E-state index in [-0.39, 0.29) is 21.6 Å². The maximum Gasteiger partial charge on any atom is 0.280 e. The van der Waals surface area contributed by atoms with Gasteiger partial charge in [0.1, 0.15) is 6.67 Å². The van der Waals surface area contributed by atoms with Gasteiger partial charge in [0.2, 0.25) is 0 Å². The van der Waals surface area contributed by atoms with Crippen LogP contribution in [-0.2, 0) is 16.5 Å². The number of halogens is 1. The van der Waals surface area contributed by atoms with E-state index >= 15 is 0 Å². The number of carbonyl (C=O) groups is 1. The molecule has 0 saturated carbocycles. The predicted molar refractivity (Wildman–Crippen MR) is 87.7 cm³/mol. The van der Waals surface area contributed by atoms with Crippen molar-refractivity contribution in [2.75, 3.05) is 6.26 Å².